The van der Waals surface area contributed by atoms with Crippen LogP contribution in [0.3, 0.4) is 0 Å². The van der Waals surface area contributed by atoms with Gasteiger partial charge < -0.3 is 14.2 Å². The lowest BCUT2D eigenvalue weighted by Gasteiger charge is -2.42. The van der Waals surface area contributed by atoms with Crippen molar-refractivity contribution in [1.82, 2.24) is 0 Å². The maximum atomic E-state index is 7.71. The number of rotatable bonds is 5. The van der Waals surface area contributed by atoms with Crippen LogP contribution >= 0.6 is 0 Å². The third kappa shape index (κ3) is 8.06. The number of hydrogen-bond donors (Lipinski definition) is 1. The number of nitrogens with zero attached hydrogens (tertiary/aromatic N) is 1. The molecule has 0 unspecified atom stereocenters. The van der Waals surface area contributed by atoms with Crippen molar-refractivity contribution in [2.75, 3.05) is 10.2 Å². The number of nitrogens with one attached hydrogen (secondary N) is 1. The predicted molar refractivity (Wildman–Crippen MR) is 367 cm³/mol. The molecule has 0 spiro atoms. The molecule has 2 aromatic heterocycles. The van der Waals surface area contributed by atoms with Gasteiger partial charge >= 0.3 is 0 Å². The summed E-state index contributed by atoms with van der Waals surface area (Å²) in [6, 6.07) is 51.9. The molecule has 0 saturated heterocycles. The highest BCUT2D eigenvalue weighted by Gasteiger charge is 2.47. The Morgan fingerprint density at radius 1 is 0.442 bits per heavy atom. The van der Waals surface area contributed by atoms with Crippen LogP contribution in [0.25, 0.3) is 66.3 Å². The van der Waals surface area contributed by atoms with E-state index >= 15 is 0 Å². The fourth-order valence-electron chi connectivity index (χ4n) is 16.8. The van der Waals surface area contributed by atoms with Crippen molar-refractivity contribution in [2.45, 2.75) is 200 Å². The average molecular weight is 1130 g/mol. The fourth-order valence-corrected chi connectivity index (χ4v) is 16.8. The minimum atomic E-state index is -0.384. The van der Waals surface area contributed by atoms with E-state index in [2.05, 4.69) is 261 Å². The van der Waals surface area contributed by atoms with Crippen molar-refractivity contribution >= 4 is 79.7 Å². The highest BCUT2D eigenvalue weighted by atomic mass is 16.4. The second-order valence-electron chi connectivity index (χ2n) is 32.5. The zero-order valence-electron chi connectivity index (χ0n) is 54.4. The monoisotopic (exact) mass is 1130 g/mol. The summed E-state index contributed by atoms with van der Waals surface area (Å²) in [6.07, 6.45) is 6.92. The number of benzene rings is 8. The van der Waals surface area contributed by atoms with E-state index in [9.17, 15) is 0 Å². The number of fused-ring (bicyclic) bond motifs is 14. The highest BCUT2D eigenvalue weighted by Crippen LogP contribution is 2.60. The largest absolute Gasteiger partial charge is 0.456 e. The third-order valence-corrected chi connectivity index (χ3v) is 22.6. The van der Waals surface area contributed by atoms with Crippen LogP contribution in [0, 0.1) is 0 Å². The average Bonchev–Trinajstić information content (AvgIpc) is 1.52. The molecule has 1 aliphatic heterocycles. The molecule has 436 valence electrons. The minimum absolute atomic E-state index is 0.00278. The summed E-state index contributed by atoms with van der Waals surface area (Å²) < 4.78 is 15.0. The van der Waals surface area contributed by atoms with Crippen molar-refractivity contribution in [2.24, 2.45) is 0 Å². The van der Waals surface area contributed by atoms with E-state index in [1.54, 1.807) is 0 Å². The van der Waals surface area contributed by atoms with Gasteiger partial charge in [0.25, 0.3) is 0 Å². The summed E-state index contributed by atoms with van der Waals surface area (Å²) in [5.41, 5.74) is 29.7. The van der Waals surface area contributed by atoms with E-state index in [4.69, 9.17) is 8.83 Å². The molecule has 4 aliphatic carbocycles. The zero-order chi connectivity index (χ0) is 60.4. The Labute approximate surface area is 512 Å². The fraction of sp³-hybridized carbons (Fsp3) is 0.383. The molecule has 0 fully saturated rings. The van der Waals surface area contributed by atoms with Crippen molar-refractivity contribution in [3.05, 3.63) is 184 Å². The Morgan fingerprint density at radius 3 is 1.70 bits per heavy atom. The summed E-state index contributed by atoms with van der Waals surface area (Å²) in [5.74, 6) is 0.884. The summed E-state index contributed by atoms with van der Waals surface area (Å²) in [6.45, 7) is 41.4. The Morgan fingerprint density at radius 2 is 1.03 bits per heavy atom. The standard InChI is InChI=1S/C81H87BN2O2/c1-74(2,3)47-27-32-63(51(39-47)46-23-19-18-20-24-46)84-72-68-50-25-21-22-26-64(50)85-66(68)43-54(70(72)82-71-53-42-59-61(45-65(53)86-73(71)84)80(14,15)38-36-78(59,10)11)67-62(83-48-28-30-55-57(40-48)76(6,7)34-33-75(55,4)5)31-29-49-52-41-58-60(44-56(52)81(16,17)69(49)67)79(12,13)37-35-77(58,8)9/h18-32,39-45,82-83H,33-38H2,1-17H3. The lowest BCUT2D eigenvalue weighted by atomic mass is 9.57. The molecule has 1 N–H and O–H groups in total. The molecular formula is C81H87BN2O2. The maximum Gasteiger partial charge on any atom is 0.203 e. The lowest BCUT2D eigenvalue weighted by molar-refractivity contribution is 0.331. The number of hydrogen-bond acceptors (Lipinski definition) is 4. The second kappa shape index (κ2) is 18.0. The molecule has 8 aromatic carbocycles. The number of para-hydroxylation sites is 1. The van der Waals surface area contributed by atoms with Crippen LogP contribution in [0.2, 0.25) is 0 Å². The van der Waals surface area contributed by atoms with Crippen LogP contribution in [-0.2, 0) is 43.3 Å². The van der Waals surface area contributed by atoms with Crippen molar-refractivity contribution in [3.8, 4) is 33.4 Å². The molecule has 5 heteroatoms. The van der Waals surface area contributed by atoms with Gasteiger partial charge in [-0.2, -0.15) is 0 Å². The molecule has 10 aromatic rings. The Kier molecular flexibility index (Phi) is 11.6. The smallest absolute Gasteiger partial charge is 0.203 e. The lowest BCUT2D eigenvalue weighted by Crippen LogP contribution is -2.41. The minimum Gasteiger partial charge on any atom is -0.456 e. The van der Waals surface area contributed by atoms with E-state index < -0.39 is 0 Å². The molecule has 0 bridgehead atoms. The van der Waals surface area contributed by atoms with Gasteiger partial charge in [-0.15, -0.1) is 0 Å². The van der Waals surface area contributed by atoms with Gasteiger partial charge in [0.1, 0.15) is 16.7 Å². The van der Waals surface area contributed by atoms with Gasteiger partial charge in [0.15, 0.2) is 5.88 Å². The molecule has 15 rings (SSSR count). The molecule has 86 heavy (non-hydrogen) atoms. The van der Waals surface area contributed by atoms with Gasteiger partial charge in [-0.3, -0.25) is 4.90 Å². The van der Waals surface area contributed by atoms with Crippen LogP contribution in [0.4, 0.5) is 28.6 Å². The molecule has 5 aliphatic rings. The van der Waals surface area contributed by atoms with E-state index in [1.807, 2.05) is 0 Å². The van der Waals surface area contributed by atoms with E-state index in [0.717, 1.165) is 81.0 Å². The van der Waals surface area contributed by atoms with Crippen LogP contribution in [0.5, 0.6) is 0 Å². The zero-order valence-corrected chi connectivity index (χ0v) is 54.4. The van der Waals surface area contributed by atoms with Gasteiger partial charge in [0, 0.05) is 38.7 Å². The summed E-state index contributed by atoms with van der Waals surface area (Å²) >= 11 is 0. The second-order valence-corrected chi connectivity index (χ2v) is 32.5. The SMILES string of the molecule is CC(C)(C)c1ccc(N2c3oc4cc5c(cc4c3Bc3c(-c4c(Nc6ccc7c(c6)C(C)(C)CCC7(C)C)ccc6c4C(C)(C)c4cc7c(cc4-6)C(C)(C)CCC7(C)C)cc4oc6ccccc6c4c32)C(C)(C)CCC5(C)C)c(-c2ccccc2)c1. The van der Waals surface area contributed by atoms with E-state index in [1.165, 1.54) is 113 Å². The molecule has 3 heterocycles. The van der Waals surface area contributed by atoms with Gasteiger partial charge in [-0.25, -0.2) is 0 Å². The first-order chi connectivity index (χ1) is 40.5. The predicted octanol–water partition coefficient (Wildman–Crippen LogP) is 21.2. The maximum absolute atomic E-state index is 7.71. The first kappa shape index (κ1) is 55.4. The summed E-state index contributed by atoms with van der Waals surface area (Å²) in [7, 11) is 0.664. The normalized spacial score (nSPS) is 19.4. The van der Waals surface area contributed by atoms with Crippen LogP contribution < -0.4 is 21.1 Å². The number of anilines is 5. The van der Waals surface area contributed by atoms with Crippen molar-refractivity contribution in [3.63, 3.8) is 0 Å². The summed E-state index contributed by atoms with van der Waals surface area (Å²) in [5, 5.41) is 7.68. The quantitative estimate of drug-likeness (QED) is 0.174. The number of furan rings is 2. The van der Waals surface area contributed by atoms with E-state index in [-0.39, 0.29) is 43.3 Å². The third-order valence-electron chi connectivity index (χ3n) is 22.6. The summed E-state index contributed by atoms with van der Waals surface area (Å²) in [4.78, 5) is 2.55. The van der Waals surface area contributed by atoms with Gasteiger partial charge in [-0.05, 0) is 220 Å². The topological polar surface area (TPSA) is 41.6 Å². The Hall–Kier alpha value is -7.24. The Bertz CT molecular complexity index is 4540. The molecule has 4 nitrogen and oxygen atoms in total. The molecule has 0 saturated carbocycles. The van der Waals surface area contributed by atoms with Crippen LogP contribution in [-0.4, -0.2) is 7.28 Å². The van der Waals surface area contributed by atoms with Gasteiger partial charge in [0.2, 0.25) is 7.28 Å². The van der Waals surface area contributed by atoms with Crippen molar-refractivity contribution in [1.29, 1.82) is 0 Å². The molecule has 0 atom stereocenters. The van der Waals surface area contributed by atoms with Gasteiger partial charge in [0.05, 0.1) is 16.8 Å². The first-order valence-electron chi connectivity index (χ1n) is 32.3. The van der Waals surface area contributed by atoms with Crippen LogP contribution in [0.15, 0.2) is 142 Å². The van der Waals surface area contributed by atoms with E-state index in [0.29, 0.717) is 7.28 Å². The van der Waals surface area contributed by atoms with Gasteiger partial charge in [-0.1, -0.05) is 190 Å². The highest BCUT2D eigenvalue weighted by molar-refractivity contribution is 6.76. The molecule has 0 radical (unpaired) electrons. The van der Waals surface area contributed by atoms with Crippen molar-refractivity contribution < 1.29 is 8.83 Å². The molecule has 0 amide bonds. The first-order valence-corrected chi connectivity index (χ1v) is 32.3. The Balaban J connectivity index is 1.09. The van der Waals surface area contributed by atoms with Crippen LogP contribution in [0.1, 0.15) is 206 Å². The molecular weight excluding hydrogens is 1040 g/mol.